The number of benzene rings is 1. The highest BCUT2D eigenvalue weighted by Gasteiger charge is 2.32. The number of aliphatic hydroxyl groups excluding tert-OH is 1. The summed E-state index contributed by atoms with van der Waals surface area (Å²) in [5.41, 5.74) is 2.20. The van der Waals surface area contributed by atoms with E-state index in [2.05, 4.69) is 40.6 Å². The molecule has 1 aliphatic rings. The molecule has 2 atom stereocenters. The lowest BCUT2D eigenvalue weighted by Gasteiger charge is -2.15. The summed E-state index contributed by atoms with van der Waals surface area (Å²) in [6.45, 7) is 4.42. The Morgan fingerprint density at radius 1 is 1.36 bits per heavy atom. The lowest BCUT2D eigenvalue weighted by Crippen LogP contribution is -2.21. The van der Waals surface area contributed by atoms with Gasteiger partial charge >= 0.3 is 0 Å². The molecular formula is C17H22N2O2S. The predicted octanol–water partition coefficient (Wildman–Crippen LogP) is 2.74. The van der Waals surface area contributed by atoms with Crippen molar-refractivity contribution >= 4 is 11.8 Å². The summed E-state index contributed by atoms with van der Waals surface area (Å²) in [6, 6.07) is 10.6. The molecule has 22 heavy (non-hydrogen) atoms. The fourth-order valence-corrected chi connectivity index (χ4v) is 3.55. The summed E-state index contributed by atoms with van der Waals surface area (Å²) >= 11 is 1.76. The van der Waals surface area contributed by atoms with Crippen LogP contribution in [0, 0.1) is 12.8 Å². The second-order valence-corrected chi connectivity index (χ2v) is 6.89. The highest BCUT2D eigenvalue weighted by atomic mass is 32.2. The van der Waals surface area contributed by atoms with Gasteiger partial charge in [0, 0.05) is 42.9 Å². The Morgan fingerprint density at radius 3 is 2.95 bits per heavy atom. The number of likely N-dealkylation sites (tertiary alicyclic amines) is 1. The van der Waals surface area contributed by atoms with Crippen molar-refractivity contribution in [2.75, 3.05) is 19.3 Å². The first-order valence-corrected chi connectivity index (χ1v) is 8.82. The molecule has 1 N–H and O–H groups in total. The maximum absolute atomic E-state index is 10.3. The van der Waals surface area contributed by atoms with Gasteiger partial charge in [0.05, 0.1) is 11.8 Å². The van der Waals surface area contributed by atoms with Crippen LogP contribution < -0.4 is 0 Å². The summed E-state index contributed by atoms with van der Waals surface area (Å²) in [5, 5.41) is 14.2. The molecule has 0 spiro atoms. The van der Waals surface area contributed by atoms with E-state index in [0.29, 0.717) is 0 Å². The summed E-state index contributed by atoms with van der Waals surface area (Å²) in [6.07, 6.45) is 2.55. The fourth-order valence-electron chi connectivity index (χ4n) is 3.07. The number of thioether (sulfide) groups is 1. The van der Waals surface area contributed by atoms with Crippen molar-refractivity contribution in [1.29, 1.82) is 0 Å². The zero-order valence-electron chi connectivity index (χ0n) is 13.0. The van der Waals surface area contributed by atoms with E-state index in [4.69, 9.17) is 4.52 Å². The number of β-amino-alcohol motifs (C(OH)–C–C–N with tert-alkyl or cyclic N) is 1. The molecule has 1 saturated heterocycles. The molecule has 0 bridgehead atoms. The van der Waals surface area contributed by atoms with E-state index < -0.39 is 0 Å². The van der Waals surface area contributed by atoms with Crippen molar-refractivity contribution in [2.24, 2.45) is 5.92 Å². The van der Waals surface area contributed by atoms with E-state index >= 15 is 0 Å². The lowest BCUT2D eigenvalue weighted by molar-refractivity contribution is 0.137. The third kappa shape index (κ3) is 3.72. The molecule has 0 saturated carbocycles. The van der Waals surface area contributed by atoms with E-state index in [9.17, 15) is 5.11 Å². The van der Waals surface area contributed by atoms with Gasteiger partial charge in [-0.15, -0.1) is 11.8 Å². The molecule has 2 aromatic rings. The first-order chi connectivity index (χ1) is 10.6. The van der Waals surface area contributed by atoms with Gasteiger partial charge in [0.2, 0.25) is 0 Å². The van der Waals surface area contributed by atoms with Gasteiger partial charge in [-0.1, -0.05) is 17.3 Å². The van der Waals surface area contributed by atoms with Crippen molar-refractivity contribution in [3.63, 3.8) is 0 Å². The number of hydrogen-bond acceptors (Lipinski definition) is 5. The standard InChI is InChI=1S/C17H22N2O2S/c1-12-6-15(21-18-12)8-14-10-19(11-17(14)20)9-13-4-3-5-16(7-13)22-2/h3-7,14,17,20H,8-11H2,1-2H3/t14-,17+/m1/s1. The van der Waals surface area contributed by atoms with Crippen LogP contribution in [0.1, 0.15) is 17.0 Å². The van der Waals surface area contributed by atoms with Crippen LogP contribution in [-0.2, 0) is 13.0 Å². The van der Waals surface area contributed by atoms with Crippen molar-refractivity contribution in [1.82, 2.24) is 10.1 Å². The second kappa shape index (κ2) is 6.86. The number of aliphatic hydroxyl groups is 1. The van der Waals surface area contributed by atoms with Gasteiger partial charge in [-0.3, -0.25) is 4.90 Å². The van der Waals surface area contributed by atoms with Crippen LogP contribution in [-0.4, -0.2) is 40.6 Å². The molecule has 0 unspecified atom stereocenters. The minimum absolute atomic E-state index is 0.219. The average molecular weight is 318 g/mol. The lowest BCUT2D eigenvalue weighted by atomic mass is 10.0. The monoisotopic (exact) mass is 318 g/mol. The SMILES string of the molecule is CSc1cccc(CN2C[C@@H](Cc3cc(C)no3)[C@@H](O)C2)c1. The quantitative estimate of drug-likeness (QED) is 0.859. The van der Waals surface area contributed by atoms with Gasteiger partial charge in [-0.25, -0.2) is 0 Å². The van der Waals surface area contributed by atoms with Crippen LogP contribution in [0.4, 0.5) is 0 Å². The smallest absolute Gasteiger partial charge is 0.137 e. The Bertz CT molecular complexity index is 629. The molecule has 0 radical (unpaired) electrons. The highest BCUT2D eigenvalue weighted by molar-refractivity contribution is 7.98. The Balaban J connectivity index is 1.60. The first kappa shape index (κ1) is 15.6. The van der Waals surface area contributed by atoms with E-state index in [1.165, 1.54) is 10.5 Å². The number of rotatable bonds is 5. The van der Waals surface area contributed by atoms with Crippen molar-refractivity contribution < 1.29 is 9.63 Å². The van der Waals surface area contributed by atoms with Gasteiger partial charge < -0.3 is 9.63 Å². The molecule has 4 nitrogen and oxygen atoms in total. The Hall–Kier alpha value is -1.30. The van der Waals surface area contributed by atoms with Crippen molar-refractivity contribution in [3.05, 3.63) is 47.3 Å². The normalized spacial score (nSPS) is 22.3. The van der Waals surface area contributed by atoms with E-state index in [1.54, 1.807) is 11.8 Å². The zero-order chi connectivity index (χ0) is 15.5. The molecule has 1 aliphatic heterocycles. The largest absolute Gasteiger partial charge is 0.391 e. The third-order valence-electron chi connectivity index (χ3n) is 4.16. The number of hydrogen-bond donors (Lipinski definition) is 1. The van der Waals surface area contributed by atoms with Crippen LogP contribution in [0.25, 0.3) is 0 Å². The fraction of sp³-hybridized carbons (Fsp3) is 0.471. The minimum Gasteiger partial charge on any atom is -0.391 e. The molecular weight excluding hydrogens is 296 g/mol. The molecule has 2 heterocycles. The molecule has 118 valence electrons. The van der Waals surface area contributed by atoms with Crippen molar-refractivity contribution in [3.8, 4) is 0 Å². The zero-order valence-corrected chi connectivity index (χ0v) is 13.8. The first-order valence-electron chi connectivity index (χ1n) is 7.59. The molecule has 5 heteroatoms. The minimum atomic E-state index is -0.297. The summed E-state index contributed by atoms with van der Waals surface area (Å²) in [5.74, 6) is 1.09. The van der Waals surface area contributed by atoms with Gasteiger partial charge in [-0.2, -0.15) is 0 Å². The van der Waals surface area contributed by atoms with Crippen LogP contribution in [0.15, 0.2) is 39.8 Å². The third-order valence-corrected chi connectivity index (χ3v) is 4.89. The van der Waals surface area contributed by atoms with E-state index in [0.717, 1.165) is 37.5 Å². The number of aryl methyl sites for hydroxylation is 1. The van der Waals surface area contributed by atoms with Gasteiger partial charge in [0.15, 0.2) is 0 Å². The molecule has 0 amide bonds. The predicted molar refractivity (Wildman–Crippen MR) is 87.9 cm³/mol. The maximum atomic E-state index is 10.3. The number of nitrogens with zero attached hydrogens (tertiary/aromatic N) is 2. The van der Waals surface area contributed by atoms with Crippen LogP contribution in [0.5, 0.6) is 0 Å². The highest BCUT2D eigenvalue weighted by Crippen LogP contribution is 2.24. The molecule has 3 rings (SSSR count). The van der Waals surface area contributed by atoms with Crippen LogP contribution >= 0.6 is 11.8 Å². The van der Waals surface area contributed by atoms with E-state index in [-0.39, 0.29) is 12.0 Å². The molecule has 1 fully saturated rings. The number of aromatic nitrogens is 1. The van der Waals surface area contributed by atoms with Crippen molar-refractivity contribution in [2.45, 2.75) is 30.9 Å². The Kier molecular flexibility index (Phi) is 4.86. The Morgan fingerprint density at radius 2 is 2.23 bits per heavy atom. The van der Waals surface area contributed by atoms with Gasteiger partial charge in [0.1, 0.15) is 5.76 Å². The second-order valence-electron chi connectivity index (χ2n) is 6.01. The summed E-state index contributed by atoms with van der Waals surface area (Å²) < 4.78 is 5.28. The van der Waals surface area contributed by atoms with E-state index in [1.807, 2.05) is 13.0 Å². The topological polar surface area (TPSA) is 49.5 Å². The van der Waals surface area contributed by atoms with Gasteiger partial charge in [-0.05, 0) is 30.9 Å². The molecule has 1 aromatic heterocycles. The molecule has 0 aliphatic carbocycles. The molecule has 1 aromatic carbocycles. The average Bonchev–Trinajstić information content (AvgIpc) is 3.06. The van der Waals surface area contributed by atoms with Gasteiger partial charge in [0.25, 0.3) is 0 Å². The maximum Gasteiger partial charge on any atom is 0.137 e. The van der Waals surface area contributed by atoms with Crippen LogP contribution in [0.2, 0.25) is 0 Å². The Labute approximate surface area is 135 Å². The van der Waals surface area contributed by atoms with Crippen LogP contribution in [0.3, 0.4) is 0 Å². The summed E-state index contributed by atoms with van der Waals surface area (Å²) in [7, 11) is 0. The summed E-state index contributed by atoms with van der Waals surface area (Å²) in [4.78, 5) is 3.60.